The van der Waals surface area contributed by atoms with Crippen LogP contribution in [-0.2, 0) is 21.0 Å². The topological polar surface area (TPSA) is 71.0 Å². The predicted molar refractivity (Wildman–Crippen MR) is 123 cm³/mol. The van der Waals surface area contributed by atoms with E-state index >= 15 is 0 Å². The van der Waals surface area contributed by atoms with Crippen LogP contribution in [0.25, 0.3) is 0 Å². The molecule has 1 aliphatic carbocycles. The van der Waals surface area contributed by atoms with E-state index in [4.69, 9.17) is 4.84 Å². The number of nitrogens with zero attached hydrogens (tertiary/aromatic N) is 2. The minimum Gasteiger partial charge on any atom is -0.391 e. The van der Waals surface area contributed by atoms with Crippen LogP contribution in [0, 0.1) is 11.8 Å². The number of nitrogens with one attached hydrogen (secondary N) is 1. The van der Waals surface area contributed by atoms with Gasteiger partial charge in [-0.15, -0.1) is 0 Å². The van der Waals surface area contributed by atoms with E-state index in [1.54, 1.807) is 13.3 Å². The number of carbonyl (C=O) groups is 2. The Balaban J connectivity index is 1.63. The van der Waals surface area contributed by atoms with Crippen molar-refractivity contribution in [3.05, 3.63) is 35.9 Å². The third-order valence-corrected chi connectivity index (χ3v) is 6.84. The summed E-state index contributed by atoms with van der Waals surface area (Å²) >= 11 is 0. The van der Waals surface area contributed by atoms with E-state index in [1.165, 1.54) is 6.42 Å². The molecule has 3 rings (SSSR count). The fraction of sp³-hybridized carbons (Fsp3) is 0.640. The zero-order valence-corrected chi connectivity index (χ0v) is 19.0. The van der Waals surface area contributed by atoms with Crippen LogP contribution in [0.2, 0.25) is 0 Å². The van der Waals surface area contributed by atoms with Crippen molar-refractivity contribution in [2.24, 2.45) is 17.0 Å². The van der Waals surface area contributed by atoms with Crippen molar-refractivity contribution in [1.29, 1.82) is 0 Å². The number of rotatable bonds is 10. The van der Waals surface area contributed by atoms with Crippen LogP contribution < -0.4 is 5.32 Å². The van der Waals surface area contributed by atoms with Gasteiger partial charge in [-0.2, -0.15) is 0 Å². The number of likely N-dealkylation sites (tertiary alicyclic amines) is 1. The lowest BCUT2D eigenvalue weighted by Gasteiger charge is -2.34. The monoisotopic (exact) mass is 427 g/mol. The number of likely N-dealkylation sites (N-methyl/N-ethyl adjacent to an activating group) is 1. The number of amides is 1. The lowest BCUT2D eigenvalue weighted by molar-refractivity contribution is -0.140. The van der Waals surface area contributed by atoms with E-state index in [2.05, 4.69) is 10.5 Å². The molecule has 1 saturated carbocycles. The normalized spacial score (nSPS) is 21.9. The Labute approximate surface area is 186 Å². The summed E-state index contributed by atoms with van der Waals surface area (Å²) in [5.74, 6) is 0.340. The van der Waals surface area contributed by atoms with Crippen molar-refractivity contribution in [3.8, 4) is 0 Å². The molecule has 31 heavy (non-hydrogen) atoms. The van der Waals surface area contributed by atoms with E-state index in [0.717, 1.165) is 50.6 Å². The lowest BCUT2D eigenvalue weighted by atomic mass is 9.76. The number of hydrogen-bond acceptors (Lipinski definition) is 5. The zero-order valence-electron chi connectivity index (χ0n) is 19.0. The van der Waals surface area contributed by atoms with Crippen LogP contribution in [0.15, 0.2) is 35.5 Å². The van der Waals surface area contributed by atoms with Gasteiger partial charge in [0.15, 0.2) is 0 Å². The molecule has 6 heteroatoms. The molecule has 1 unspecified atom stereocenters. The first-order valence-corrected chi connectivity index (χ1v) is 11.8. The summed E-state index contributed by atoms with van der Waals surface area (Å²) in [6, 6.07) is 9.65. The van der Waals surface area contributed by atoms with Crippen molar-refractivity contribution >= 4 is 17.9 Å². The third-order valence-electron chi connectivity index (χ3n) is 6.84. The lowest BCUT2D eigenvalue weighted by Crippen LogP contribution is -2.45. The Morgan fingerprint density at radius 3 is 2.61 bits per heavy atom. The largest absolute Gasteiger partial charge is 0.391 e. The fourth-order valence-electron chi connectivity index (χ4n) is 4.78. The number of carbonyl (C=O) groups excluding carboxylic acids is 2. The van der Waals surface area contributed by atoms with Crippen LogP contribution in [0.4, 0.5) is 0 Å². The molecule has 6 nitrogen and oxygen atoms in total. The van der Waals surface area contributed by atoms with Gasteiger partial charge >= 0.3 is 0 Å². The van der Waals surface area contributed by atoms with Gasteiger partial charge in [-0.05, 0) is 51.1 Å². The summed E-state index contributed by atoms with van der Waals surface area (Å²) in [6.07, 6.45) is 9.58. The Kier molecular flexibility index (Phi) is 9.07. The van der Waals surface area contributed by atoms with Crippen LogP contribution in [-0.4, -0.2) is 48.5 Å². The molecule has 0 aromatic heterocycles. The molecule has 0 spiro atoms. The van der Waals surface area contributed by atoms with E-state index in [9.17, 15) is 9.59 Å². The molecule has 1 heterocycles. The van der Waals surface area contributed by atoms with Gasteiger partial charge in [-0.25, -0.2) is 0 Å². The Hall–Kier alpha value is -2.21. The second-order valence-electron chi connectivity index (χ2n) is 8.94. The fourth-order valence-corrected chi connectivity index (χ4v) is 4.78. The Bertz CT molecular complexity index is 731. The summed E-state index contributed by atoms with van der Waals surface area (Å²) in [6.45, 7) is 3.02. The molecule has 0 radical (unpaired) electrons. The van der Waals surface area contributed by atoms with Gasteiger partial charge in [0.25, 0.3) is 0 Å². The molecule has 1 N–H and O–H groups in total. The highest BCUT2D eigenvalue weighted by Gasteiger charge is 2.38. The SMILES string of the molecule is CN[C@@H](C)C(=O)C[C@H](C(=O)N1CCCC1/C=N/OCc1ccccc1)C1CCCCC1. The number of benzene rings is 1. The minimum absolute atomic E-state index is 0.0498. The second-order valence-corrected chi connectivity index (χ2v) is 8.94. The predicted octanol–water partition coefficient (Wildman–Crippen LogP) is 3.94. The van der Waals surface area contributed by atoms with Gasteiger partial charge in [-0.1, -0.05) is 54.8 Å². The molecule has 170 valence electrons. The molecule has 1 saturated heterocycles. The minimum atomic E-state index is -0.221. The summed E-state index contributed by atoms with van der Waals surface area (Å²) in [5, 5.41) is 7.19. The van der Waals surface area contributed by atoms with E-state index in [-0.39, 0.29) is 29.7 Å². The van der Waals surface area contributed by atoms with Crippen molar-refractivity contribution in [1.82, 2.24) is 10.2 Å². The first-order valence-electron chi connectivity index (χ1n) is 11.8. The molecule has 1 aromatic carbocycles. The maximum Gasteiger partial charge on any atom is 0.226 e. The summed E-state index contributed by atoms with van der Waals surface area (Å²) in [4.78, 5) is 33.7. The molecule has 2 aliphatic rings. The van der Waals surface area contributed by atoms with Crippen LogP contribution in [0.3, 0.4) is 0 Å². The molecular weight excluding hydrogens is 390 g/mol. The first-order chi connectivity index (χ1) is 15.1. The molecule has 2 fully saturated rings. The average Bonchev–Trinajstić information content (AvgIpc) is 3.29. The van der Waals surface area contributed by atoms with Crippen molar-refractivity contribution in [2.45, 2.75) is 77.0 Å². The Morgan fingerprint density at radius 1 is 1.16 bits per heavy atom. The van der Waals surface area contributed by atoms with Gasteiger partial charge < -0.3 is 15.1 Å². The van der Waals surface area contributed by atoms with Crippen LogP contribution in [0.1, 0.15) is 63.9 Å². The number of Topliss-reactive ketones (excluding diaryl/α,β-unsaturated/α-hetero) is 1. The molecule has 3 atom stereocenters. The Morgan fingerprint density at radius 2 is 1.90 bits per heavy atom. The van der Waals surface area contributed by atoms with Gasteiger partial charge in [0.05, 0.1) is 18.3 Å². The van der Waals surface area contributed by atoms with Gasteiger partial charge in [-0.3, -0.25) is 9.59 Å². The maximum atomic E-state index is 13.6. The molecule has 1 aromatic rings. The third kappa shape index (κ3) is 6.63. The highest BCUT2D eigenvalue weighted by Crippen LogP contribution is 2.34. The second kappa shape index (κ2) is 12.0. The quantitative estimate of drug-likeness (QED) is 0.453. The van der Waals surface area contributed by atoms with Crippen molar-refractivity contribution in [3.63, 3.8) is 0 Å². The van der Waals surface area contributed by atoms with Crippen LogP contribution >= 0.6 is 0 Å². The molecular formula is C25H37N3O3. The molecule has 1 amide bonds. The van der Waals surface area contributed by atoms with Crippen molar-refractivity contribution in [2.75, 3.05) is 13.6 Å². The maximum absolute atomic E-state index is 13.6. The smallest absolute Gasteiger partial charge is 0.226 e. The van der Waals surface area contributed by atoms with Gasteiger partial charge in [0.1, 0.15) is 12.4 Å². The van der Waals surface area contributed by atoms with Gasteiger partial charge in [0.2, 0.25) is 5.91 Å². The van der Waals surface area contributed by atoms with Crippen LogP contribution in [0.5, 0.6) is 0 Å². The highest BCUT2D eigenvalue weighted by atomic mass is 16.6. The van der Waals surface area contributed by atoms with Crippen molar-refractivity contribution < 1.29 is 14.4 Å². The summed E-state index contributed by atoms with van der Waals surface area (Å²) < 4.78 is 0. The summed E-state index contributed by atoms with van der Waals surface area (Å²) in [5.41, 5.74) is 1.06. The van der Waals surface area contributed by atoms with E-state index < -0.39 is 0 Å². The number of hydrogen-bond donors (Lipinski definition) is 1. The highest BCUT2D eigenvalue weighted by molar-refractivity contribution is 5.91. The zero-order chi connectivity index (χ0) is 22.1. The van der Waals surface area contributed by atoms with E-state index in [1.807, 2.05) is 42.2 Å². The number of ketones is 1. The standard InChI is InChI=1S/C25H37N3O3/c1-19(26-2)24(29)16-23(21-12-7-4-8-13-21)25(30)28-15-9-14-22(28)17-27-31-18-20-10-5-3-6-11-20/h3,5-6,10-11,17,19,21-23,26H,4,7-9,12-16,18H2,1-2H3/b27-17+/t19-,22?,23-/m0/s1. The summed E-state index contributed by atoms with van der Waals surface area (Å²) in [7, 11) is 1.79. The average molecular weight is 428 g/mol. The molecule has 0 bridgehead atoms. The first kappa shape index (κ1) is 23.5. The number of oxime groups is 1. The van der Waals surface area contributed by atoms with Gasteiger partial charge in [0, 0.05) is 18.9 Å². The van der Waals surface area contributed by atoms with E-state index in [0.29, 0.717) is 18.9 Å². The molecule has 1 aliphatic heterocycles.